The van der Waals surface area contributed by atoms with Crippen LogP contribution in [0.1, 0.15) is 43.4 Å². The highest BCUT2D eigenvalue weighted by Gasteiger charge is 2.32. The molecule has 0 spiro atoms. The van der Waals surface area contributed by atoms with Crippen molar-refractivity contribution in [1.29, 1.82) is 0 Å². The topological polar surface area (TPSA) is 21.3 Å². The number of benzene rings is 1. The van der Waals surface area contributed by atoms with Crippen LogP contribution in [0.4, 0.5) is 0 Å². The Labute approximate surface area is 103 Å². The first-order valence-corrected chi connectivity index (χ1v) is 6.71. The average Bonchev–Trinajstić information content (AvgIpc) is 2.34. The summed E-state index contributed by atoms with van der Waals surface area (Å²) in [6.45, 7) is 4.14. The quantitative estimate of drug-likeness (QED) is 0.863. The number of nitrogens with one attached hydrogen (secondary N) is 1. The lowest BCUT2D eigenvalue weighted by Crippen LogP contribution is -2.50. The van der Waals surface area contributed by atoms with Gasteiger partial charge in [0.15, 0.2) is 0 Å². The predicted molar refractivity (Wildman–Crippen MR) is 69.1 cm³/mol. The summed E-state index contributed by atoms with van der Waals surface area (Å²) in [6, 6.07) is 8.69. The van der Waals surface area contributed by atoms with Crippen molar-refractivity contribution in [3.05, 3.63) is 35.4 Å². The average molecular weight is 231 g/mol. The highest BCUT2D eigenvalue weighted by atomic mass is 16.5. The van der Waals surface area contributed by atoms with E-state index in [-0.39, 0.29) is 6.10 Å². The Hall–Kier alpha value is -0.860. The molecule has 17 heavy (non-hydrogen) atoms. The zero-order chi connectivity index (χ0) is 11.7. The van der Waals surface area contributed by atoms with E-state index in [0.29, 0.717) is 5.54 Å². The predicted octanol–water partition coefficient (Wildman–Crippen LogP) is 2.83. The Morgan fingerprint density at radius 3 is 2.94 bits per heavy atom. The molecule has 0 saturated heterocycles. The molecule has 1 aliphatic carbocycles. The molecule has 92 valence electrons. The Morgan fingerprint density at radius 1 is 1.35 bits per heavy atom. The van der Waals surface area contributed by atoms with Crippen molar-refractivity contribution in [2.75, 3.05) is 13.2 Å². The summed E-state index contributed by atoms with van der Waals surface area (Å²) in [7, 11) is 0. The molecule has 1 aromatic carbocycles. The van der Waals surface area contributed by atoms with Gasteiger partial charge >= 0.3 is 0 Å². The maximum atomic E-state index is 5.91. The van der Waals surface area contributed by atoms with Gasteiger partial charge in [-0.2, -0.15) is 0 Å². The second-order valence-corrected chi connectivity index (χ2v) is 5.60. The summed E-state index contributed by atoms with van der Waals surface area (Å²) in [4.78, 5) is 0. The molecule has 1 aromatic rings. The van der Waals surface area contributed by atoms with Crippen molar-refractivity contribution in [3.8, 4) is 0 Å². The largest absolute Gasteiger partial charge is 0.372 e. The van der Waals surface area contributed by atoms with Crippen LogP contribution in [0.2, 0.25) is 0 Å². The maximum absolute atomic E-state index is 5.91. The zero-order valence-corrected chi connectivity index (χ0v) is 10.5. The fourth-order valence-corrected chi connectivity index (χ4v) is 2.87. The van der Waals surface area contributed by atoms with Crippen molar-refractivity contribution in [2.45, 2.75) is 44.2 Å². The van der Waals surface area contributed by atoms with Crippen LogP contribution in [0.25, 0.3) is 0 Å². The van der Waals surface area contributed by atoms with E-state index < -0.39 is 0 Å². The fourth-order valence-electron chi connectivity index (χ4n) is 2.87. The molecule has 1 fully saturated rings. The number of ether oxygens (including phenoxy) is 1. The Morgan fingerprint density at radius 2 is 2.18 bits per heavy atom. The van der Waals surface area contributed by atoms with E-state index in [1.165, 1.54) is 30.4 Å². The number of fused-ring (bicyclic) bond motifs is 1. The standard InChI is InChI=1S/C15H21NO/c1-15(8-4-9-15)16-11-14-13-6-3-2-5-12(13)7-10-17-14/h2-3,5-6,14,16H,4,7-11H2,1H3. The zero-order valence-electron chi connectivity index (χ0n) is 10.5. The van der Waals surface area contributed by atoms with Gasteiger partial charge in [-0.25, -0.2) is 0 Å². The molecule has 1 heterocycles. The summed E-state index contributed by atoms with van der Waals surface area (Å²) in [6.07, 6.45) is 5.29. The third-order valence-electron chi connectivity index (χ3n) is 4.26. The van der Waals surface area contributed by atoms with E-state index in [1.54, 1.807) is 0 Å². The van der Waals surface area contributed by atoms with E-state index in [0.717, 1.165) is 19.6 Å². The SMILES string of the molecule is CC1(NCC2OCCc3ccccc32)CCC1. The molecule has 0 amide bonds. The summed E-state index contributed by atoms with van der Waals surface area (Å²) in [5.41, 5.74) is 3.22. The molecule has 3 rings (SSSR count). The highest BCUT2D eigenvalue weighted by molar-refractivity contribution is 5.31. The van der Waals surface area contributed by atoms with Crippen LogP contribution < -0.4 is 5.32 Å². The Bertz CT molecular complexity index is 398. The van der Waals surface area contributed by atoms with E-state index in [4.69, 9.17) is 4.74 Å². The van der Waals surface area contributed by atoms with Gasteiger partial charge in [0, 0.05) is 12.1 Å². The van der Waals surface area contributed by atoms with Crippen LogP contribution in [-0.4, -0.2) is 18.7 Å². The summed E-state index contributed by atoms with van der Waals surface area (Å²) >= 11 is 0. The molecule has 2 nitrogen and oxygen atoms in total. The molecule has 1 atom stereocenters. The minimum absolute atomic E-state index is 0.248. The second kappa shape index (κ2) is 4.43. The van der Waals surface area contributed by atoms with Gasteiger partial charge in [-0.05, 0) is 43.7 Å². The third-order valence-corrected chi connectivity index (χ3v) is 4.26. The third kappa shape index (κ3) is 2.24. The molecule has 2 aliphatic rings. The van der Waals surface area contributed by atoms with Crippen LogP contribution >= 0.6 is 0 Å². The molecule has 0 radical (unpaired) electrons. The first kappa shape index (κ1) is 11.2. The van der Waals surface area contributed by atoms with Crippen molar-refractivity contribution >= 4 is 0 Å². The molecule has 1 aliphatic heterocycles. The lowest BCUT2D eigenvalue weighted by Gasteiger charge is -2.41. The summed E-state index contributed by atoms with van der Waals surface area (Å²) in [5.74, 6) is 0. The number of rotatable bonds is 3. The molecule has 1 N–H and O–H groups in total. The second-order valence-electron chi connectivity index (χ2n) is 5.60. The van der Waals surface area contributed by atoms with Crippen molar-refractivity contribution < 1.29 is 4.74 Å². The smallest absolute Gasteiger partial charge is 0.0952 e. The van der Waals surface area contributed by atoms with E-state index in [2.05, 4.69) is 36.5 Å². The summed E-state index contributed by atoms with van der Waals surface area (Å²) in [5, 5.41) is 3.68. The van der Waals surface area contributed by atoms with Gasteiger partial charge in [-0.3, -0.25) is 0 Å². The van der Waals surface area contributed by atoms with Gasteiger partial charge in [0.1, 0.15) is 0 Å². The lowest BCUT2D eigenvalue weighted by atomic mass is 9.78. The van der Waals surface area contributed by atoms with Crippen molar-refractivity contribution in [1.82, 2.24) is 5.32 Å². The van der Waals surface area contributed by atoms with E-state index in [9.17, 15) is 0 Å². The maximum Gasteiger partial charge on any atom is 0.0952 e. The Kier molecular flexibility index (Phi) is 2.93. The van der Waals surface area contributed by atoms with Crippen molar-refractivity contribution in [3.63, 3.8) is 0 Å². The van der Waals surface area contributed by atoms with Crippen LogP contribution in [-0.2, 0) is 11.2 Å². The van der Waals surface area contributed by atoms with Crippen LogP contribution in [0.5, 0.6) is 0 Å². The van der Waals surface area contributed by atoms with Gasteiger partial charge in [0.05, 0.1) is 12.7 Å². The first-order chi connectivity index (χ1) is 8.27. The van der Waals surface area contributed by atoms with Gasteiger partial charge < -0.3 is 10.1 Å². The monoisotopic (exact) mass is 231 g/mol. The van der Waals surface area contributed by atoms with Crippen molar-refractivity contribution in [2.24, 2.45) is 0 Å². The van der Waals surface area contributed by atoms with E-state index in [1.807, 2.05) is 0 Å². The van der Waals surface area contributed by atoms with Gasteiger partial charge in [0.25, 0.3) is 0 Å². The Balaban J connectivity index is 1.68. The molecular weight excluding hydrogens is 210 g/mol. The highest BCUT2D eigenvalue weighted by Crippen LogP contribution is 2.32. The van der Waals surface area contributed by atoms with Crippen LogP contribution in [0, 0.1) is 0 Å². The minimum Gasteiger partial charge on any atom is -0.372 e. The van der Waals surface area contributed by atoms with Gasteiger partial charge in [-0.15, -0.1) is 0 Å². The molecule has 1 unspecified atom stereocenters. The molecule has 0 bridgehead atoms. The lowest BCUT2D eigenvalue weighted by molar-refractivity contribution is 0.0318. The first-order valence-electron chi connectivity index (χ1n) is 6.71. The number of hydrogen-bond donors (Lipinski definition) is 1. The minimum atomic E-state index is 0.248. The van der Waals surface area contributed by atoms with Crippen LogP contribution in [0.3, 0.4) is 0 Å². The summed E-state index contributed by atoms with van der Waals surface area (Å²) < 4.78 is 5.91. The van der Waals surface area contributed by atoms with Crippen LogP contribution in [0.15, 0.2) is 24.3 Å². The molecular formula is C15H21NO. The molecule has 1 saturated carbocycles. The molecule has 2 heteroatoms. The fraction of sp³-hybridized carbons (Fsp3) is 0.600. The molecule has 0 aromatic heterocycles. The number of hydrogen-bond acceptors (Lipinski definition) is 2. The normalized spacial score (nSPS) is 26.1. The van der Waals surface area contributed by atoms with Gasteiger partial charge in [0.2, 0.25) is 0 Å². The van der Waals surface area contributed by atoms with Gasteiger partial charge in [-0.1, -0.05) is 24.3 Å². The van der Waals surface area contributed by atoms with E-state index >= 15 is 0 Å².